The number of carbonyl (C=O) groups is 1. The highest BCUT2D eigenvalue weighted by molar-refractivity contribution is 14.0. The molecule has 0 saturated heterocycles. The lowest BCUT2D eigenvalue weighted by atomic mass is 10.1. The second-order valence-corrected chi connectivity index (χ2v) is 5.86. The van der Waals surface area contributed by atoms with Crippen LogP contribution in [-0.2, 0) is 17.7 Å². The van der Waals surface area contributed by atoms with Crippen LogP contribution in [-0.4, -0.2) is 32.1 Å². The standard InChI is InChI=1S/C21H27N3O2.HI/c1-3-26-20(25)19-13-11-18(12-14-19)16-24-21(22-2)23-15-7-10-17-8-5-4-6-9-17;/h4-6,8-9,11-14H,3,7,10,15-16H2,1-2H3,(H2,22,23,24);1H. The van der Waals surface area contributed by atoms with Crippen molar-refractivity contribution in [3.05, 3.63) is 71.3 Å². The summed E-state index contributed by atoms with van der Waals surface area (Å²) in [5, 5.41) is 6.60. The Bertz CT molecular complexity index is 703. The van der Waals surface area contributed by atoms with Gasteiger partial charge < -0.3 is 15.4 Å². The summed E-state index contributed by atoms with van der Waals surface area (Å²) < 4.78 is 4.99. The molecule has 0 spiro atoms. The van der Waals surface area contributed by atoms with Gasteiger partial charge in [-0.1, -0.05) is 42.5 Å². The maximum Gasteiger partial charge on any atom is 0.338 e. The summed E-state index contributed by atoms with van der Waals surface area (Å²) in [6, 6.07) is 17.9. The van der Waals surface area contributed by atoms with E-state index >= 15 is 0 Å². The quantitative estimate of drug-likeness (QED) is 0.198. The molecule has 0 unspecified atom stereocenters. The molecule has 0 aliphatic heterocycles. The van der Waals surface area contributed by atoms with E-state index < -0.39 is 0 Å². The van der Waals surface area contributed by atoms with Crippen molar-refractivity contribution in [1.29, 1.82) is 0 Å². The average Bonchev–Trinajstić information content (AvgIpc) is 2.69. The number of aliphatic imine (C=N–C) groups is 1. The van der Waals surface area contributed by atoms with Gasteiger partial charge in [-0.15, -0.1) is 24.0 Å². The van der Waals surface area contributed by atoms with Gasteiger partial charge in [-0.25, -0.2) is 4.79 Å². The predicted octanol–water partition coefficient (Wildman–Crippen LogP) is 3.78. The van der Waals surface area contributed by atoms with Gasteiger partial charge in [-0.2, -0.15) is 0 Å². The smallest absolute Gasteiger partial charge is 0.338 e. The van der Waals surface area contributed by atoms with Gasteiger partial charge in [0.1, 0.15) is 0 Å². The minimum atomic E-state index is -0.289. The first kappa shape index (κ1) is 23.0. The van der Waals surface area contributed by atoms with Crippen molar-refractivity contribution in [3.8, 4) is 0 Å². The Labute approximate surface area is 178 Å². The summed E-state index contributed by atoms with van der Waals surface area (Å²) in [5.74, 6) is 0.482. The van der Waals surface area contributed by atoms with Gasteiger partial charge in [0.05, 0.1) is 12.2 Å². The van der Waals surface area contributed by atoms with Crippen LogP contribution in [0.15, 0.2) is 59.6 Å². The van der Waals surface area contributed by atoms with Gasteiger partial charge in [0.15, 0.2) is 5.96 Å². The highest BCUT2D eigenvalue weighted by atomic mass is 127. The fraction of sp³-hybridized carbons (Fsp3) is 0.333. The third kappa shape index (κ3) is 8.43. The molecule has 0 saturated carbocycles. The van der Waals surface area contributed by atoms with Crippen LogP contribution in [0.1, 0.15) is 34.8 Å². The van der Waals surface area contributed by atoms with Crippen molar-refractivity contribution >= 4 is 35.9 Å². The Morgan fingerprint density at radius 3 is 2.33 bits per heavy atom. The average molecular weight is 481 g/mol. The monoisotopic (exact) mass is 481 g/mol. The lowest BCUT2D eigenvalue weighted by molar-refractivity contribution is 0.0526. The number of halogens is 1. The summed E-state index contributed by atoms with van der Waals surface area (Å²) in [6.45, 7) is 3.68. The van der Waals surface area contributed by atoms with Crippen LogP contribution in [0.25, 0.3) is 0 Å². The normalized spacial score (nSPS) is 10.7. The third-order valence-electron chi connectivity index (χ3n) is 3.93. The first-order valence-corrected chi connectivity index (χ1v) is 8.97. The molecule has 0 aliphatic carbocycles. The molecule has 27 heavy (non-hydrogen) atoms. The Hall–Kier alpha value is -2.09. The van der Waals surface area contributed by atoms with Crippen molar-refractivity contribution < 1.29 is 9.53 Å². The molecule has 0 radical (unpaired) electrons. The Kier molecular flexibility index (Phi) is 11.2. The number of carbonyl (C=O) groups excluding carboxylic acids is 1. The second-order valence-electron chi connectivity index (χ2n) is 5.86. The number of esters is 1. The van der Waals surface area contributed by atoms with E-state index in [4.69, 9.17) is 4.74 Å². The molecule has 2 aromatic rings. The van der Waals surface area contributed by atoms with E-state index in [1.807, 2.05) is 18.2 Å². The number of aryl methyl sites for hydroxylation is 1. The number of rotatable bonds is 8. The molecule has 0 aromatic heterocycles. The van der Waals surface area contributed by atoms with Crippen LogP contribution < -0.4 is 10.6 Å². The van der Waals surface area contributed by atoms with Crippen molar-refractivity contribution in [2.24, 2.45) is 4.99 Å². The van der Waals surface area contributed by atoms with Crippen molar-refractivity contribution in [1.82, 2.24) is 10.6 Å². The fourth-order valence-corrected chi connectivity index (χ4v) is 2.52. The van der Waals surface area contributed by atoms with E-state index in [0.29, 0.717) is 18.7 Å². The predicted molar refractivity (Wildman–Crippen MR) is 121 cm³/mol. The summed E-state index contributed by atoms with van der Waals surface area (Å²) in [5.41, 5.74) is 2.99. The molecule has 2 aromatic carbocycles. The number of hydrogen-bond donors (Lipinski definition) is 2. The summed E-state index contributed by atoms with van der Waals surface area (Å²) >= 11 is 0. The van der Waals surface area contributed by atoms with Gasteiger partial charge in [0.25, 0.3) is 0 Å². The topological polar surface area (TPSA) is 62.7 Å². The van der Waals surface area contributed by atoms with Gasteiger partial charge >= 0.3 is 5.97 Å². The molecular weight excluding hydrogens is 453 g/mol. The second kappa shape index (κ2) is 13.1. The number of nitrogens with zero attached hydrogens (tertiary/aromatic N) is 1. The van der Waals surface area contributed by atoms with E-state index in [9.17, 15) is 4.79 Å². The van der Waals surface area contributed by atoms with Gasteiger partial charge in [-0.05, 0) is 43.0 Å². The highest BCUT2D eigenvalue weighted by Gasteiger charge is 2.05. The van der Waals surface area contributed by atoms with Crippen LogP contribution in [0.2, 0.25) is 0 Å². The molecule has 2 rings (SSSR count). The number of hydrogen-bond acceptors (Lipinski definition) is 3. The van der Waals surface area contributed by atoms with Crippen LogP contribution in [0.3, 0.4) is 0 Å². The zero-order valence-electron chi connectivity index (χ0n) is 15.9. The third-order valence-corrected chi connectivity index (χ3v) is 3.93. The summed E-state index contributed by atoms with van der Waals surface area (Å²) in [6.07, 6.45) is 2.08. The van der Waals surface area contributed by atoms with E-state index in [-0.39, 0.29) is 29.9 Å². The molecule has 0 atom stereocenters. The molecule has 0 heterocycles. The van der Waals surface area contributed by atoms with Crippen molar-refractivity contribution in [2.45, 2.75) is 26.3 Å². The highest BCUT2D eigenvalue weighted by Crippen LogP contribution is 2.06. The molecule has 0 amide bonds. The van der Waals surface area contributed by atoms with E-state index in [1.54, 1.807) is 26.1 Å². The van der Waals surface area contributed by atoms with Gasteiger partial charge in [0, 0.05) is 20.1 Å². The number of nitrogens with one attached hydrogen (secondary N) is 2. The van der Waals surface area contributed by atoms with E-state index in [0.717, 1.165) is 30.9 Å². The minimum absolute atomic E-state index is 0. The van der Waals surface area contributed by atoms with Gasteiger partial charge in [0.2, 0.25) is 0 Å². The van der Waals surface area contributed by atoms with Crippen molar-refractivity contribution in [2.75, 3.05) is 20.2 Å². The molecule has 146 valence electrons. The zero-order chi connectivity index (χ0) is 18.6. The summed E-state index contributed by atoms with van der Waals surface area (Å²) in [4.78, 5) is 15.9. The first-order chi connectivity index (χ1) is 12.7. The van der Waals surface area contributed by atoms with Crippen LogP contribution in [0.5, 0.6) is 0 Å². The van der Waals surface area contributed by atoms with E-state index in [1.165, 1.54) is 5.56 Å². The lowest BCUT2D eigenvalue weighted by Crippen LogP contribution is -2.37. The largest absolute Gasteiger partial charge is 0.462 e. The Morgan fingerprint density at radius 2 is 1.70 bits per heavy atom. The Morgan fingerprint density at radius 1 is 1.00 bits per heavy atom. The maximum atomic E-state index is 11.7. The first-order valence-electron chi connectivity index (χ1n) is 8.97. The Balaban J connectivity index is 0.00000364. The van der Waals surface area contributed by atoms with Gasteiger partial charge in [-0.3, -0.25) is 4.99 Å². The number of ether oxygens (including phenoxy) is 1. The minimum Gasteiger partial charge on any atom is -0.462 e. The summed E-state index contributed by atoms with van der Waals surface area (Å²) in [7, 11) is 1.76. The SMILES string of the molecule is CCOC(=O)c1ccc(CNC(=NC)NCCCc2ccccc2)cc1.I. The van der Waals surface area contributed by atoms with E-state index in [2.05, 4.69) is 39.9 Å². The van der Waals surface area contributed by atoms with Crippen LogP contribution >= 0.6 is 24.0 Å². The number of benzene rings is 2. The molecule has 0 fully saturated rings. The zero-order valence-corrected chi connectivity index (χ0v) is 18.2. The molecule has 0 bridgehead atoms. The number of guanidine groups is 1. The van der Waals surface area contributed by atoms with Crippen LogP contribution in [0.4, 0.5) is 0 Å². The maximum absolute atomic E-state index is 11.7. The molecule has 5 nitrogen and oxygen atoms in total. The fourth-order valence-electron chi connectivity index (χ4n) is 2.52. The molecule has 2 N–H and O–H groups in total. The molecule has 6 heteroatoms. The lowest BCUT2D eigenvalue weighted by Gasteiger charge is -2.12. The van der Waals surface area contributed by atoms with Crippen LogP contribution in [0, 0.1) is 0 Å². The van der Waals surface area contributed by atoms with Crippen molar-refractivity contribution in [3.63, 3.8) is 0 Å². The molecule has 0 aliphatic rings. The molecular formula is C21H28IN3O2.